The van der Waals surface area contributed by atoms with Crippen LogP contribution in [0.2, 0.25) is 0 Å². The molecule has 0 bridgehead atoms. The Bertz CT molecular complexity index is 475. The summed E-state index contributed by atoms with van der Waals surface area (Å²) in [6, 6.07) is 0. The summed E-state index contributed by atoms with van der Waals surface area (Å²) in [7, 11) is -3.99. The van der Waals surface area contributed by atoms with Crippen LogP contribution in [0.1, 0.15) is 19.7 Å². The van der Waals surface area contributed by atoms with Crippen LogP contribution in [0, 0.1) is 0 Å². The summed E-state index contributed by atoms with van der Waals surface area (Å²) >= 11 is 3.10. The van der Waals surface area contributed by atoms with E-state index in [-0.39, 0.29) is 5.82 Å². The molecule has 0 unspecified atom stereocenters. The summed E-state index contributed by atoms with van der Waals surface area (Å²) in [6.07, 6.45) is 2.69. The zero-order chi connectivity index (χ0) is 12.6. The van der Waals surface area contributed by atoms with E-state index in [0.717, 1.165) is 6.92 Å². The molecule has 0 saturated carbocycles. The summed E-state index contributed by atoms with van der Waals surface area (Å²) in [5.41, 5.74) is -2.23. The number of sulfonamides is 1. The van der Waals surface area contributed by atoms with E-state index in [4.69, 9.17) is 5.14 Å². The average molecular weight is 312 g/mol. The molecule has 90 valence electrons. The molecular weight excluding hydrogens is 301 g/mol. The Balaban J connectivity index is 3.16. The third-order valence-corrected chi connectivity index (χ3v) is 4.15. The summed E-state index contributed by atoms with van der Waals surface area (Å²) < 4.78 is 37.0. The van der Waals surface area contributed by atoms with Crippen LogP contribution in [0.25, 0.3) is 0 Å². The van der Waals surface area contributed by atoms with Crippen LogP contribution in [0.15, 0.2) is 16.9 Å². The van der Waals surface area contributed by atoms with Gasteiger partial charge in [0.25, 0.3) is 0 Å². The van der Waals surface area contributed by atoms with Gasteiger partial charge in [-0.25, -0.2) is 27.9 Å². The second-order valence-electron chi connectivity index (χ2n) is 3.53. The molecule has 0 aromatic carbocycles. The molecule has 0 aliphatic rings. The molecule has 1 aromatic heterocycles. The highest BCUT2D eigenvalue weighted by Crippen LogP contribution is 2.29. The monoisotopic (exact) mass is 311 g/mol. The molecule has 2 atom stereocenters. The SMILES string of the molecule is C[C@H]([C@](C)(F)c1ncc(Br)cn1)S(N)(=O)=O. The molecule has 0 amide bonds. The van der Waals surface area contributed by atoms with Crippen molar-refractivity contribution in [3.63, 3.8) is 0 Å². The fourth-order valence-electron chi connectivity index (χ4n) is 1.06. The molecule has 5 nitrogen and oxygen atoms in total. The number of aromatic nitrogens is 2. The van der Waals surface area contributed by atoms with Crippen molar-refractivity contribution < 1.29 is 12.8 Å². The Kier molecular flexibility index (Phi) is 3.65. The van der Waals surface area contributed by atoms with Gasteiger partial charge in [0.05, 0.1) is 4.47 Å². The molecule has 0 aliphatic carbocycles. The normalized spacial score (nSPS) is 17.8. The van der Waals surface area contributed by atoms with Crippen LogP contribution in [-0.2, 0) is 15.7 Å². The van der Waals surface area contributed by atoms with Crippen molar-refractivity contribution in [3.8, 4) is 0 Å². The second-order valence-corrected chi connectivity index (χ2v) is 6.33. The maximum atomic E-state index is 14.2. The predicted octanol–water partition coefficient (Wildman–Crippen LogP) is 1.10. The smallest absolute Gasteiger partial charge is 0.215 e. The number of alkyl halides is 1. The molecule has 16 heavy (non-hydrogen) atoms. The van der Waals surface area contributed by atoms with Crippen molar-refractivity contribution in [1.82, 2.24) is 9.97 Å². The molecule has 1 heterocycles. The van der Waals surface area contributed by atoms with E-state index in [1.807, 2.05) is 0 Å². The maximum absolute atomic E-state index is 14.2. The summed E-state index contributed by atoms with van der Waals surface area (Å²) in [5, 5.41) is 3.48. The minimum absolute atomic E-state index is 0.211. The number of nitrogens with two attached hydrogens (primary N) is 1. The zero-order valence-electron chi connectivity index (χ0n) is 8.68. The van der Waals surface area contributed by atoms with Gasteiger partial charge in [0, 0.05) is 12.4 Å². The standard InChI is InChI=1S/C8H11BrFN3O2S/c1-5(16(11,14)15)8(2,10)7-12-3-6(9)4-13-7/h3-5H,1-2H3,(H2,11,14,15)/t5-,8+/m1/s1. The summed E-state index contributed by atoms with van der Waals surface area (Å²) in [6.45, 7) is 2.27. The first-order valence-corrected chi connectivity index (χ1v) is 6.74. The van der Waals surface area contributed by atoms with Crippen LogP contribution < -0.4 is 5.14 Å². The molecule has 0 aliphatic heterocycles. The highest BCUT2D eigenvalue weighted by molar-refractivity contribution is 9.10. The van der Waals surface area contributed by atoms with E-state index < -0.39 is 20.9 Å². The van der Waals surface area contributed by atoms with Crippen molar-refractivity contribution in [2.75, 3.05) is 0 Å². The van der Waals surface area contributed by atoms with Gasteiger partial charge in [-0.05, 0) is 29.8 Å². The Morgan fingerprint density at radius 3 is 2.31 bits per heavy atom. The Morgan fingerprint density at radius 2 is 1.94 bits per heavy atom. The molecular formula is C8H11BrFN3O2S. The molecule has 0 radical (unpaired) electrons. The third kappa shape index (κ3) is 2.74. The lowest BCUT2D eigenvalue weighted by Gasteiger charge is -2.24. The number of halogens is 2. The van der Waals surface area contributed by atoms with Gasteiger partial charge in [0.1, 0.15) is 5.25 Å². The van der Waals surface area contributed by atoms with Crippen molar-refractivity contribution >= 4 is 26.0 Å². The fraction of sp³-hybridized carbons (Fsp3) is 0.500. The summed E-state index contributed by atoms with van der Waals surface area (Å²) in [5.74, 6) is -0.211. The van der Waals surface area contributed by atoms with E-state index in [9.17, 15) is 12.8 Å². The number of primary sulfonamides is 1. The van der Waals surface area contributed by atoms with Gasteiger partial charge < -0.3 is 0 Å². The quantitative estimate of drug-likeness (QED) is 0.905. The van der Waals surface area contributed by atoms with E-state index in [1.165, 1.54) is 19.3 Å². The average Bonchev–Trinajstić information content (AvgIpc) is 2.16. The minimum Gasteiger partial charge on any atom is -0.237 e. The van der Waals surface area contributed by atoms with Crippen molar-refractivity contribution in [2.45, 2.75) is 24.8 Å². The van der Waals surface area contributed by atoms with Gasteiger partial charge in [-0.2, -0.15) is 0 Å². The molecule has 8 heteroatoms. The Labute approximate surface area is 101 Å². The number of hydrogen-bond acceptors (Lipinski definition) is 4. The van der Waals surface area contributed by atoms with Crippen LogP contribution in [-0.4, -0.2) is 23.6 Å². The molecule has 0 fully saturated rings. The molecule has 0 spiro atoms. The third-order valence-electron chi connectivity index (χ3n) is 2.31. The maximum Gasteiger partial charge on any atom is 0.215 e. The van der Waals surface area contributed by atoms with Gasteiger partial charge in [0.2, 0.25) is 10.0 Å². The molecule has 1 rings (SSSR count). The Hall–Kier alpha value is -0.600. The lowest BCUT2D eigenvalue weighted by molar-refractivity contribution is 0.174. The highest BCUT2D eigenvalue weighted by Gasteiger charge is 2.42. The van der Waals surface area contributed by atoms with Crippen molar-refractivity contribution in [3.05, 3.63) is 22.7 Å². The largest absolute Gasteiger partial charge is 0.237 e. The van der Waals surface area contributed by atoms with Gasteiger partial charge in [-0.15, -0.1) is 0 Å². The fourth-order valence-corrected chi connectivity index (χ4v) is 1.98. The van der Waals surface area contributed by atoms with E-state index in [2.05, 4.69) is 25.9 Å². The molecule has 1 aromatic rings. The highest BCUT2D eigenvalue weighted by atomic mass is 79.9. The van der Waals surface area contributed by atoms with E-state index >= 15 is 0 Å². The Morgan fingerprint density at radius 1 is 1.50 bits per heavy atom. The van der Waals surface area contributed by atoms with Gasteiger partial charge in [-0.1, -0.05) is 0 Å². The predicted molar refractivity (Wildman–Crippen MR) is 60.8 cm³/mol. The first-order chi connectivity index (χ1) is 7.15. The topological polar surface area (TPSA) is 85.9 Å². The molecule has 2 N–H and O–H groups in total. The van der Waals surface area contributed by atoms with Gasteiger partial charge >= 0.3 is 0 Å². The lowest BCUT2D eigenvalue weighted by atomic mass is 10.0. The first-order valence-electron chi connectivity index (χ1n) is 4.34. The minimum atomic E-state index is -3.99. The number of hydrogen-bond donors (Lipinski definition) is 1. The van der Waals surface area contributed by atoms with Crippen molar-refractivity contribution in [1.29, 1.82) is 0 Å². The van der Waals surface area contributed by atoms with Crippen LogP contribution in [0.4, 0.5) is 4.39 Å². The molecule has 0 saturated heterocycles. The number of nitrogens with zero attached hydrogens (tertiary/aromatic N) is 2. The van der Waals surface area contributed by atoms with Crippen LogP contribution >= 0.6 is 15.9 Å². The van der Waals surface area contributed by atoms with Crippen LogP contribution in [0.5, 0.6) is 0 Å². The van der Waals surface area contributed by atoms with Gasteiger partial charge in [-0.3, -0.25) is 0 Å². The van der Waals surface area contributed by atoms with Crippen molar-refractivity contribution in [2.24, 2.45) is 5.14 Å². The second kappa shape index (κ2) is 4.34. The van der Waals surface area contributed by atoms with Gasteiger partial charge in [0.15, 0.2) is 11.5 Å². The van der Waals surface area contributed by atoms with E-state index in [0.29, 0.717) is 4.47 Å². The summed E-state index contributed by atoms with van der Waals surface area (Å²) in [4.78, 5) is 7.46. The zero-order valence-corrected chi connectivity index (χ0v) is 11.1. The van der Waals surface area contributed by atoms with E-state index in [1.54, 1.807) is 0 Å². The number of rotatable bonds is 3. The lowest BCUT2D eigenvalue weighted by Crippen LogP contribution is -2.41. The first kappa shape index (κ1) is 13.5. The van der Waals surface area contributed by atoms with Crippen LogP contribution in [0.3, 0.4) is 0 Å².